The monoisotopic (exact) mass is 339 g/mol. The molecule has 23 heavy (non-hydrogen) atoms. The molecule has 2 aliphatic heterocycles. The third-order valence-corrected chi connectivity index (χ3v) is 6.47. The van der Waals surface area contributed by atoms with E-state index in [1.807, 2.05) is 0 Å². The van der Waals surface area contributed by atoms with E-state index in [4.69, 9.17) is 0 Å². The molecular weight excluding hydrogens is 318 g/mol. The van der Waals surface area contributed by atoms with Crippen molar-refractivity contribution < 1.29 is 18.3 Å². The van der Waals surface area contributed by atoms with Gasteiger partial charge < -0.3 is 15.7 Å². The molecule has 8 heteroatoms. The van der Waals surface area contributed by atoms with Crippen molar-refractivity contribution in [3.05, 3.63) is 29.8 Å². The van der Waals surface area contributed by atoms with Crippen molar-refractivity contribution in [1.82, 2.24) is 14.9 Å². The van der Waals surface area contributed by atoms with Gasteiger partial charge in [0.15, 0.2) is 0 Å². The molecule has 126 valence electrons. The Morgan fingerprint density at radius 2 is 1.74 bits per heavy atom. The van der Waals surface area contributed by atoms with Gasteiger partial charge in [-0.2, -0.15) is 4.31 Å². The van der Waals surface area contributed by atoms with Crippen LogP contribution in [0.25, 0.3) is 0 Å². The third-order valence-electron chi connectivity index (χ3n) is 4.55. The number of aliphatic carboxylic acids is 1. The third kappa shape index (κ3) is 3.25. The molecule has 0 saturated carbocycles. The molecule has 0 amide bonds. The van der Waals surface area contributed by atoms with E-state index in [0.717, 1.165) is 5.56 Å². The molecule has 1 aromatic rings. The van der Waals surface area contributed by atoms with Gasteiger partial charge in [0.25, 0.3) is 0 Å². The highest BCUT2D eigenvalue weighted by Gasteiger charge is 2.34. The molecule has 0 bridgehead atoms. The van der Waals surface area contributed by atoms with Crippen molar-refractivity contribution in [2.75, 3.05) is 39.3 Å². The number of carboxylic acid groups (broad SMARTS) is 1. The summed E-state index contributed by atoms with van der Waals surface area (Å²) in [4.78, 5) is 11.5. The van der Waals surface area contributed by atoms with Crippen molar-refractivity contribution in [2.45, 2.75) is 10.8 Å². The number of piperazine rings is 1. The number of benzene rings is 1. The summed E-state index contributed by atoms with van der Waals surface area (Å²) in [5.74, 6) is -1.41. The van der Waals surface area contributed by atoms with Crippen LogP contribution in [0, 0.1) is 5.92 Å². The Labute approximate surface area is 135 Å². The molecule has 3 rings (SSSR count). The van der Waals surface area contributed by atoms with Gasteiger partial charge in [-0.3, -0.25) is 4.79 Å². The summed E-state index contributed by atoms with van der Waals surface area (Å²) in [6.07, 6.45) is 0. The molecule has 0 spiro atoms. The van der Waals surface area contributed by atoms with Gasteiger partial charge in [-0.1, -0.05) is 12.1 Å². The van der Waals surface area contributed by atoms with Crippen molar-refractivity contribution >= 4 is 16.0 Å². The zero-order valence-corrected chi connectivity index (χ0v) is 13.6. The maximum atomic E-state index is 12.6. The lowest BCUT2D eigenvalue weighted by Gasteiger charge is -2.26. The van der Waals surface area contributed by atoms with Gasteiger partial charge in [-0.05, 0) is 17.7 Å². The molecule has 2 aliphatic rings. The minimum absolute atomic E-state index is 0.122. The summed E-state index contributed by atoms with van der Waals surface area (Å²) in [7, 11) is -3.47. The fourth-order valence-electron chi connectivity index (χ4n) is 3.21. The molecule has 2 fully saturated rings. The Hall–Kier alpha value is -1.48. The van der Waals surface area contributed by atoms with Crippen LogP contribution < -0.4 is 10.6 Å². The van der Waals surface area contributed by atoms with E-state index in [-0.39, 0.29) is 10.8 Å². The average molecular weight is 339 g/mol. The lowest BCUT2D eigenvalue weighted by atomic mass is 9.89. The van der Waals surface area contributed by atoms with Crippen molar-refractivity contribution in [3.8, 4) is 0 Å². The second-order valence-corrected chi connectivity index (χ2v) is 7.87. The van der Waals surface area contributed by atoms with Crippen LogP contribution in [0.1, 0.15) is 11.5 Å². The van der Waals surface area contributed by atoms with E-state index in [1.54, 1.807) is 24.3 Å². The minimum atomic E-state index is -3.47. The predicted octanol–water partition coefficient (Wildman–Crippen LogP) is -0.332. The highest BCUT2D eigenvalue weighted by molar-refractivity contribution is 7.89. The fraction of sp³-hybridized carbons (Fsp3) is 0.533. The van der Waals surface area contributed by atoms with Gasteiger partial charge in [0, 0.05) is 45.2 Å². The van der Waals surface area contributed by atoms with Crippen LogP contribution in [-0.2, 0) is 14.8 Å². The topological polar surface area (TPSA) is 98.7 Å². The van der Waals surface area contributed by atoms with Crippen LogP contribution in [0.3, 0.4) is 0 Å². The van der Waals surface area contributed by atoms with Crippen molar-refractivity contribution in [3.63, 3.8) is 0 Å². The Morgan fingerprint density at radius 1 is 1.09 bits per heavy atom. The molecule has 2 heterocycles. The van der Waals surface area contributed by atoms with E-state index in [2.05, 4.69) is 10.6 Å². The first kappa shape index (κ1) is 16.4. The van der Waals surface area contributed by atoms with E-state index in [9.17, 15) is 18.3 Å². The number of hydrogen-bond acceptors (Lipinski definition) is 5. The van der Waals surface area contributed by atoms with Crippen LogP contribution in [0.2, 0.25) is 0 Å². The van der Waals surface area contributed by atoms with Crippen LogP contribution in [0.4, 0.5) is 0 Å². The lowest BCUT2D eigenvalue weighted by Crippen LogP contribution is -2.46. The first-order valence-electron chi connectivity index (χ1n) is 7.74. The molecule has 0 aliphatic carbocycles. The molecule has 0 aromatic heterocycles. The largest absolute Gasteiger partial charge is 0.481 e. The smallest absolute Gasteiger partial charge is 0.308 e. The summed E-state index contributed by atoms with van der Waals surface area (Å²) in [6.45, 7) is 3.30. The zero-order chi connectivity index (χ0) is 16.4. The number of hydrogen-bond donors (Lipinski definition) is 3. The highest BCUT2D eigenvalue weighted by atomic mass is 32.2. The summed E-state index contributed by atoms with van der Waals surface area (Å²) in [5.41, 5.74) is 0.863. The van der Waals surface area contributed by atoms with E-state index < -0.39 is 21.9 Å². The number of sulfonamides is 1. The molecule has 7 nitrogen and oxygen atoms in total. The van der Waals surface area contributed by atoms with Crippen molar-refractivity contribution in [1.29, 1.82) is 0 Å². The molecule has 3 N–H and O–H groups in total. The van der Waals surface area contributed by atoms with Gasteiger partial charge in [0.2, 0.25) is 10.0 Å². The summed E-state index contributed by atoms with van der Waals surface area (Å²) < 4.78 is 26.6. The maximum absolute atomic E-state index is 12.6. The minimum Gasteiger partial charge on any atom is -0.481 e. The van der Waals surface area contributed by atoms with E-state index in [0.29, 0.717) is 39.3 Å². The van der Waals surface area contributed by atoms with Gasteiger partial charge in [-0.15, -0.1) is 0 Å². The molecule has 1 aromatic carbocycles. The Bertz CT molecular complexity index is 668. The van der Waals surface area contributed by atoms with E-state index >= 15 is 0 Å². The Morgan fingerprint density at radius 3 is 2.35 bits per heavy atom. The number of nitrogens with zero attached hydrogens (tertiary/aromatic N) is 1. The summed E-state index contributed by atoms with van der Waals surface area (Å²) in [6, 6.07) is 6.65. The highest BCUT2D eigenvalue weighted by Crippen LogP contribution is 2.29. The normalized spacial score (nSPS) is 26.3. The quantitative estimate of drug-likeness (QED) is 0.695. The number of rotatable bonds is 4. The van der Waals surface area contributed by atoms with Crippen LogP contribution in [0.5, 0.6) is 0 Å². The van der Waals surface area contributed by atoms with Gasteiger partial charge in [-0.25, -0.2) is 8.42 Å². The van der Waals surface area contributed by atoms with Crippen LogP contribution in [-0.4, -0.2) is 63.1 Å². The van der Waals surface area contributed by atoms with E-state index in [1.165, 1.54) is 4.31 Å². The Kier molecular flexibility index (Phi) is 4.67. The second-order valence-electron chi connectivity index (χ2n) is 5.93. The Balaban J connectivity index is 1.80. The fourth-order valence-corrected chi connectivity index (χ4v) is 4.65. The predicted molar refractivity (Wildman–Crippen MR) is 84.8 cm³/mol. The SMILES string of the molecule is O=C(O)C1CNCC1c1ccc(S(=O)(=O)N2CCNCC2)cc1. The molecular formula is C15H21N3O4S. The average Bonchev–Trinajstić information content (AvgIpc) is 3.06. The van der Waals surface area contributed by atoms with Gasteiger partial charge in [0.05, 0.1) is 10.8 Å². The first-order chi connectivity index (χ1) is 11.0. The van der Waals surface area contributed by atoms with Crippen molar-refractivity contribution in [2.24, 2.45) is 5.92 Å². The first-order valence-corrected chi connectivity index (χ1v) is 9.18. The lowest BCUT2D eigenvalue weighted by molar-refractivity contribution is -0.141. The second kappa shape index (κ2) is 6.56. The number of nitrogens with one attached hydrogen (secondary N) is 2. The molecule has 2 unspecified atom stereocenters. The number of carboxylic acids is 1. The number of carbonyl (C=O) groups is 1. The van der Waals surface area contributed by atoms with Gasteiger partial charge in [0.1, 0.15) is 0 Å². The maximum Gasteiger partial charge on any atom is 0.308 e. The standard InChI is InChI=1S/C15H21N3O4S/c19-15(20)14-10-17-9-13(14)11-1-3-12(4-2-11)23(21,22)18-7-5-16-6-8-18/h1-4,13-14,16-17H,5-10H2,(H,19,20). The zero-order valence-electron chi connectivity index (χ0n) is 12.7. The molecule has 0 radical (unpaired) electrons. The van der Waals surface area contributed by atoms with Gasteiger partial charge >= 0.3 is 5.97 Å². The molecule has 2 atom stereocenters. The summed E-state index contributed by atoms with van der Waals surface area (Å²) >= 11 is 0. The molecule has 2 saturated heterocycles. The summed E-state index contributed by atoms with van der Waals surface area (Å²) in [5, 5.41) is 15.5. The van der Waals surface area contributed by atoms with Crippen LogP contribution >= 0.6 is 0 Å². The van der Waals surface area contributed by atoms with Crippen LogP contribution in [0.15, 0.2) is 29.2 Å².